The van der Waals surface area contributed by atoms with Gasteiger partial charge in [0, 0.05) is 31.4 Å². The van der Waals surface area contributed by atoms with Gasteiger partial charge in [-0.25, -0.2) is 0 Å². The van der Waals surface area contributed by atoms with Gasteiger partial charge in [-0.05, 0) is 37.1 Å². The molecule has 2 aliphatic rings. The Morgan fingerprint density at radius 2 is 1.94 bits per heavy atom. The molecule has 8 nitrogen and oxygen atoms in total. The van der Waals surface area contributed by atoms with E-state index in [9.17, 15) is 14.4 Å². The van der Waals surface area contributed by atoms with Crippen LogP contribution in [0.5, 0.6) is 0 Å². The number of pyridine rings is 1. The van der Waals surface area contributed by atoms with Crippen molar-refractivity contribution < 1.29 is 14.0 Å². The number of hydrogen-bond acceptors (Lipinski definition) is 7. The molecular formula is C25H24N4O4S2. The van der Waals surface area contributed by atoms with Gasteiger partial charge in [0.1, 0.15) is 10.1 Å². The number of thiocarbonyl (C=S) groups is 1. The Bertz CT molecular complexity index is 1420. The summed E-state index contributed by atoms with van der Waals surface area (Å²) < 4.78 is 7.39. The van der Waals surface area contributed by atoms with Crippen LogP contribution in [-0.2, 0) is 23.2 Å². The maximum atomic E-state index is 13.6. The van der Waals surface area contributed by atoms with Crippen molar-refractivity contribution in [2.75, 3.05) is 18.0 Å². The first kappa shape index (κ1) is 23.4. The standard InChI is InChI=1S/C25H24N4O4S2/c1-27-19-7-3-2-6-17(19)21(28-10-8-15(9-11-28)22(26)30)18(23(27)31)13-20-24(32)29(25(34)35-20)14-16-5-4-12-33-16/h2-7,12-13,15H,8-11,14H2,1H3,(H2,26,30). The van der Waals surface area contributed by atoms with Crippen molar-refractivity contribution in [3.8, 4) is 0 Å². The molecule has 0 bridgehead atoms. The number of carbonyl (C=O) groups is 2. The Balaban J connectivity index is 1.59. The zero-order valence-electron chi connectivity index (χ0n) is 19.1. The molecule has 2 N–H and O–H groups in total. The van der Waals surface area contributed by atoms with E-state index in [1.54, 1.807) is 36.1 Å². The molecule has 35 heavy (non-hydrogen) atoms. The molecule has 0 spiro atoms. The lowest BCUT2D eigenvalue weighted by molar-refractivity contribution is -0.123. The number of aromatic nitrogens is 1. The summed E-state index contributed by atoms with van der Waals surface area (Å²) in [5.74, 6) is -0.100. The van der Waals surface area contributed by atoms with Crippen molar-refractivity contribution in [1.82, 2.24) is 9.47 Å². The minimum atomic E-state index is -0.293. The van der Waals surface area contributed by atoms with Gasteiger partial charge in [0.15, 0.2) is 0 Å². The molecule has 2 aliphatic heterocycles. The SMILES string of the molecule is Cn1c(=O)c(C=C2SC(=S)N(Cc3ccco3)C2=O)c(N2CCC(C(N)=O)CC2)c2ccccc21. The summed E-state index contributed by atoms with van der Waals surface area (Å²) in [6.07, 6.45) is 4.44. The molecule has 2 aromatic heterocycles. The lowest BCUT2D eigenvalue weighted by Crippen LogP contribution is -2.40. The Morgan fingerprint density at radius 1 is 1.20 bits per heavy atom. The van der Waals surface area contributed by atoms with Crippen LogP contribution in [0.1, 0.15) is 24.2 Å². The summed E-state index contributed by atoms with van der Waals surface area (Å²) >= 11 is 6.64. The first-order valence-electron chi connectivity index (χ1n) is 11.3. The predicted octanol–water partition coefficient (Wildman–Crippen LogP) is 3.23. The lowest BCUT2D eigenvalue weighted by Gasteiger charge is -2.34. The highest BCUT2D eigenvalue weighted by Gasteiger charge is 2.34. The van der Waals surface area contributed by atoms with E-state index < -0.39 is 0 Å². The number of rotatable bonds is 5. The van der Waals surface area contributed by atoms with Gasteiger partial charge < -0.3 is 19.6 Å². The Hall–Kier alpha value is -3.37. The molecule has 0 radical (unpaired) electrons. The third-order valence-corrected chi connectivity index (χ3v) is 7.95. The van der Waals surface area contributed by atoms with Crippen LogP contribution in [0, 0.1) is 5.92 Å². The third-order valence-electron chi connectivity index (χ3n) is 6.57. The number of nitrogens with zero attached hydrogens (tertiary/aromatic N) is 3. The number of anilines is 1. The summed E-state index contributed by atoms with van der Waals surface area (Å²) in [6.45, 7) is 1.41. The highest BCUT2D eigenvalue weighted by Crippen LogP contribution is 2.37. The van der Waals surface area contributed by atoms with Crippen LogP contribution in [-0.4, -0.2) is 38.7 Å². The summed E-state index contributed by atoms with van der Waals surface area (Å²) in [5.41, 5.74) is 7.33. The molecule has 1 aromatic carbocycles. The van der Waals surface area contributed by atoms with Crippen LogP contribution in [0.2, 0.25) is 0 Å². The van der Waals surface area contributed by atoms with Gasteiger partial charge in [-0.3, -0.25) is 19.3 Å². The number of furan rings is 1. The highest BCUT2D eigenvalue weighted by molar-refractivity contribution is 8.26. The maximum absolute atomic E-state index is 13.6. The van der Waals surface area contributed by atoms with Crippen molar-refractivity contribution in [1.29, 1.82) is 0 Å². The Kier molecular flexibility index (Phi) is 6.24. The molecule has 0 unspecified atom stereocenters. The molecule has 4 heterocycles. The summed E-state index contributed by atoms with van der Waals surface area (Å²) in [5, 5.41) is 0.907. The van der Waals surface area contributed by atoms with Gasteiger partial charge in [-0.1, -0.05) is 42.2 Å². The second kappa shape index (κ2) is 9.35. The molecule has 3 aromatic rings. The minimum Gasteiger partial charge on any atom is -0.467 e. The number of thioether (sulfide) groups is 1. The molecular weight excluding hydrogens is 484 g/mol. The molecule has 0 saturated carbocycles. The van der Waals surface area contributed by atoms with Crippen molar-refractivity contribution in [3.63, 3.8) is 0 Å². The summed E-state index contributed by atoms with van der Waals surface area (Å²) in [4.78, 5) is 42.5. The predicted molar refractivity (Wildman–Crippen MR) is 141 cm³/mol. The fraction of sp³-hybridized carbons (Fsp3) is 0.280. The van der Waals surface area contributed by atoms with Crippen LogP contribution in [0.4, 0.5) is 5.69 Å². The number of nitrogens with two attached hydrogens (primary N) is 1. The number of amides is 2. The average Bonchev–Trinajstić information content (AvgIpc) is 3.47. The van der Waals surface area contributed by atoms with E-state index in [0.29, 0.717) is 46.5 Å². The zero-order valence-corrected chi connectivity index (χ0v) is 20.7. The molecule has 2 saturated heterocycles. The van der Waals surface area contributed by atoms with E-state index in [4.69, 9.17) is 22.4 Å². The van der Waals surface area contributed by atoms with Crippen molar-refractivity contribution in [3.05, 3.63) is 69.2 Å². The van der Waals surface area contributed by atoms with Crippen molar-refractivity contribution >= 4 is 62.8 Å². The second-order valence-corrected chi connectivity index (χ2v) is 10.3. The normalized spacial score (nSPS) is 18.3. The quantitative estimate of drug-likeness (QED) is 0.417. The first-order chi connectivity index (χ1) is 16.8. The van der Waals surface area contributed by atoms with E-state index in [1.807, 2.05) is 24.3 Å². The molecule has 2 fully saturated rings. The smallest absolute Gasteiger partial charge is 0.266 e. The number of primary amides is 1. The summed E-state index contributed by atoms with van der Waals surface area (Å²) in [7, 11) is 1.73. The Labute approximate surface area is 211 Å². The fourth-order valence-corrected chi connectivity index (χ4v) is 5.92. The lowest BCUT2D eigenvalue weighted by atomic mass is 9.94. The molecule has 180 valence electrons. The van der Waals surface area contributed by atoms with Gasteiger partial charge in [-0.2, -0.15) is 0 Å². The van der Waals surface area contributed by atoms with Gasteiger partial charge in [0.05, 0.1) is 34.5 Å². The van der Waals surface area contributed by atoms with Crippen molar-refractivity contribution in [2.45, 2.75) is 19.4 Å². The molecule has 5 rings (SSSR count). The van der Waals surface area contributed by atoms with Gasteiger partial charge in [0.25, 0.3) is 11.5 Å². The number of piperidine rings is 1. The van der Waals surface area contributed by atoms with Crippen LogP contribution in [0.15, 0.2) is 56.8 Å². The number of fused-ring (bicyclic) bond motifs is 1. The summed E-state index contributed by atoms with van der Waals surface area (Å²) in [6, 6.07) is 11.3. The number of hydrogen-bond donors (Lipinski definition) is 1. The van der Waals surface area contributed by atoms with Crippen LogP contribution in [0.3, 0.4) is 0 Å². The Morgan fingerprint density at radius 3 is 2.63 bits per heavy atom. The molecule has 0 atom stereocenters. The van der Waals surface area contributed by atoms with Crippen LogP contribution >= 0.6 is 24.0 Å². The maximum Gasteiger partial charge on any atom is 0.266 e. The molecule has 10 heteroatoms. The largest absolute Gasteiger partial charge is 0.467 e. The van der Waals surface area contributed by atoms with Crippen LogP contribution < -0.4 is 16.2 Å². The van der Waals surface area contributed by atoms with Crippen molar-refractivity contribution in [2.24, 2.45) is 18.7 Å². The number of carbonyl (C=O) groups excluding carboxylic acids is 2. The first-order valence-corrected chi connectivity index (χ1v) is 12.5. The van der Waals surface area contributed by atoms with Gasteiger partial charge in [-0.15, -0.1) is 0 Å². The minimum absolute atomic E-state index is 0.176. The highest BCUT2D eigenvalue weighted by atomic mass is 32.2. The average molecular weight is 509 g/mol. The van der Waals surface area contributed by atoms with E-state index in [1.165, 1.54) is 16.7 Å². The zero-order chi connectivity index (χ0) is 24.7. The van der Waals surface area contributed by atoms with Gasteiger partial charge in [0.2, 0.25) is 5.91 Å². The topological polar surface area (TPSA) is 102 Å². The van der Waals surface area contributed by atoms with E-state index >= 15 is 0 Å². The van der Waals surface area contributed by atoms with Gasteiger partial charge >= 0.3 is 0 Å². The number of aryl methyl sites for hydroxylation is 1. The monoisotopic (exact) mass is 508 g/mol. The third kappa shape index (κ3) is 4.28. The second-order valence-electron chi connectivity index (χ2n) is 8.65. The fourth-order valence-electron chi connectivity index (χ4n) is 4.69. The number of benzene rings is 1. The molecule has 2 amide bonds. The van der Waals surface area contributed by atoms with Crippen LogP contribution in [0.25, 0.3) is 17.0 Å². The number of para-hydroxylation sites is 1. The van der Waals surface area contributed by atoms with E-state index in [0.717, 1.165) is 16.6 Å². The van der Waals surface area contributed by atoms with E-state index in [2.05, 4.69) is 4.90 Å². The van der Waals surface area contributed by atoms with E-state index in [-0.39, 0.29) is 29.8 Å². The molecule has 0 aliphatic carbocycles.